The highest BCUT2D eigenvalue weighted by molar-refractivity contribution is 7.89. The van der Waals surface area contributed by atoms with Crippen LogP contribution in [0.15, 0.2) is 29.2 Å². The Hall–Kier alpha value is -0.870. The Labute approximate surface area is 91.4 Å². The van der Waals surface area contributed by atoms with Crippen molar-refractivity contribution < 1.29 is 8.42 Å². The van der Waals surface area contributed by atoms with Crippen LogP contribution in [0.25, 0.3) is 0 Å². The first-order chi connectivity index (χ1) is 6.77. The standard InChI is InChI=1S/C11H17NO2S/c1-4-11(2,3)9-5-7-10(8-6-9)15(12,13)14/h5-8H,4H2,1-3H3,(H2,12,13,14). The average molecular weight is 227 g/mol. The lowest BCUT2D eigenvalue weighted by Crippen LogP contribution is -2.16. The van der Waals surface area contributed by atoms with Gasteiger partial charge in [0.1, 0.15) is 0 Å². The van der Waals surface area contributed by atoms with Gasteiger partial charge in [0.2, 0.25) is 10.0 Å². The fraction of sp³-hybridized carbons (Fsp3) is 0.455. The summed E-state index contributed by atoms with van der Waals surface area (Å²) in [6, 6.07) is 6.76. The van der Waals surface area contributed by atoms with Gasteiger partial charge in [0.05, 0.1) is 4.90 Å². The predicted molar refractivity (Wildman–Crippen MR) is 61.1 cm³/mol. The Balaban J connectivity index is 3.12. The highest BCUT2D eigenvalue weighted by Crippen LogP contribution is 2.27. The minimum absolute atomic E-state index is 0.0664. The van der Waals surface area contributed by atoms with Crippen molar-refractivity contribution in [2.24, 2.45) is 5.14 Å². The van der Waals surface area contributed by atoms with Gasteiger partial charge >= 0.3 is 0 Å². The van der Waals surface area contributed by atoms with Crippen LogP contribution in [0.3, 0.4) is 0 Å². The van der Waals surface area contributed by atoms with Gasteiger partial charge in [-0.1, -0.05) is 32.9 Å². The number of rotatable bonds is 3. The van der Waals surface area contributed by atoms with E-state index in [9.17, 15) is 8.42 Å². The van der Waals surface area contributed by atoms with Crippen LogP contribution in [-0.2, 0) is 15.4 Å². The van der Waals surface area contributed by atoms with Crippen LogP contribution in [0.4, 0.5) is 0 Å². The van der Waals surface area contributed by atoms with Gasteiger partial charge in [-0.25, -0.2) is 13.6 Å². The second-order valence-electron chi connectivity index (χ2n) is 4.31. The lowest BCUT2D eigenvalue weighted by molar-refractivity contribution is 0.506. The van der Waals surface area contributed by atoms with Gasteiger partial charge in [0.15, 0.2) is 0 Å². The molecule has 0 aliphatic carbocycles. The molecule has 0 saturated heterocycles. The third-order valence-electron chi connectivity index (χ3n) is 2.85. The molecule has 1 aromatic rings. The Morgan fingerprint density at radius 1 is 1.20 bits per heavy atom. The molecule has 15 heavy (non-hydrogen) atoms. The van der Waals surface area contributed by atoms with Gasteiger partial charge in [-0.05, 0) is 29.5 Å². The molecule has 2 N–H and O–H groups in total. The summed E-state index contributed by atoms with van der Waals surface area (Å²) >= 11 is 0. The van der Waals surface area contributed by atoms with Crippen molar-refractivity contribution >= 4 is 10.0 Å². The molecular weight excluding hydrogens is 210 g/mol. The zero-order chi connectivity index (χ0) is 11.7. The first-order valence-corrected chi connectivity index (χ1v) is 6.45. The zero-order valence-corrected chi connectivity index (χ0v) is 10.1. The van der Waals surface area contributed by atoms with E-state index in [-0.39, 0.29) is 10.3 Å². The third kappa shape index (κ3) is 2.79. The highest BCUT2D eigenvalue weighted by atomic mass is 32.2. The van der Waals surface area contributed by atoms with Crippen molar-refractivity contribution in [1.82, 2.24) is 0 Å². The third-order valence-corrected chi connectivity index (χ3v) is 3.78. The molecule has 0 heterocycles. The molecule has 1 rings (SSSR count). The van der Waals surface area contributed by atoms with E-state index >= 15 is 0 Å². The Morgan fingerprint density at radius 2 is 1.67 bits per heavy atom. The van der Waals surface area contributed by atoms with Crippen LogP contribution < -0.4 is 5.14 Å². The summed E-state index contributed by atoms with van der Waals surface area (Å²) in [7, 11) is -3.57. The summed E-state index contributed by atoms with van der Waals surface area (Å²) in [5.74, 6) is 0. The molecule has 0 amide bonds. The van der Waals surface area contributed by atoms with E-state index in [1.807, 2.05) is 12.1 Å². The normalized spacial score (nSPS) is 12.8. The summed E-state index contributed by atoms with van der Waals surface area (Å²) in [4.78, 5) is 0.165. The van der Waals surface area contributed by atoms with Gasteiger partial charge in [0, 0.05) is 0 Å². The minimum atomic E-state index is -3.57. The smallest absolute Gasteiger partial charge is 0.225 e. The number of hydrogen-bond donors (Lipinski definition) is 1. The van der Waals surface area contributed by atoms with Gasteiger partial charge in [-0.2, -0.15) is 0 Å². The Bertz CT molecular complexity index is 432. The molecule has 84 valence electrons. The molecular formula is C11H17NO2S. The van der Waals surface area contributed by atoms with E-state index in [2.05, 4.69) is 20.8 Å². The zero-order valence-electron chi connectivity index (χ0n) is 9.32. The van der Waals surface area contributed by atoms with Gasteiger partial charge in [-0.15, -0.1) is 0 Å². The quantitative estimate of drug-likeness (QED) is 0.858. The van der Waals surface area contributed by atoms with Crippen LogP contribution in [0.1, 0.15) is 32.8 Å². The lowest BCUT2D eigenvalue weighted by Gasteiger charge is -2.23. The van der Waals surface area contributed by atoms with Gasteiger partial charge < -0.3 is 0 Å². The van der Waals surface area contributed by atoms with Crippen LogP contribution >= 0.6 is 0 Å². The number of nitrogens with two attached hydrogens (primary N) is 1. The van der Waals surface area contributed by atoms with E-state index in [4.69, 9.17) is 5.14 Å². The molecule has 0 radical (unpaired) electrons. The Kier molecular flexibility index (Phi) is 3.21. The van der Waals surface area contributed by atoms with Crippen molar-refractivity contribution in [2.75, 3.05) is 0 Å². The van der Waals surface area contributed by atoms with E-state index in [0.29, 0.717) is 0 Å². The van der Waals surface area contributed by atoms with Crippen molar-refractivity contribution in [3.63, 3.8) is 0 Å². The fourth-order valence-corrected chi connectivity index (χ4v) is 1.82. The summed E-state index contributed by atoms with van der Waals surface area (Å²) in [5.41, 5.74) is 1.19. The second-order valence-corrected chi connectivity index (χ2v) is 5.87. The largest absolute Gasteiger partial charge is 0.238 e. The maximum Gasteiger partial charge on any atom is 0.238 e. The summed E-state index contributed by atoms with van der Waals surface area (Å²) in [6.07, 6.45) is 1.00. The van der Waals surface area contributed by atoms with E-state index in [1.165, 1.54) is 0 Å². The summed E-state index contributed by atoms with van der Waals surface area (Å²) in [5, 5.41) is 5.02. The number of hydrogen-bond acceptors (Lipinski definition) is 2. The number of sulfonamides is 1. The fourth-order valence-electron chi connectivity index (χ4n) is 1.30. The highest BCUT2D eigenvalue weighted by Gasteiger charge is 2.18. The van der Waals surface area contributed by atoms with E-state index in [0.717, 1.165) is 12.0 Å². The number of benzene rings is 1. The molecule has 0 aliphatic rings. The van der Waals surface area contributed by atoms with E-state index in [1.54, 1.807) is 12.1 Å². The van der Waals surface area contributed by atoms with Crippen LogP contribution in [0.2, 0.25) is 0 Å². The first-order valence-electron chi connectivity index (χ1n) is 4.91. The SMILES string of the molecule is CCC(C)(C)c1ccc(S(N)(=O)=O)cc1. The summed E-state index contributed by atoms with van der Waals surface area (Å²) in [6.45, 7) is 6.35. The first kappa shape index (κ1) is 12.2. The molecule has 0 spiro atoms. The van der Waals surface area contributed by atoms with E-state index < -0.39 is 10.0 Å². The van der Waals surface area contributed by atoms with Gasteiger partial charge in [-0.3, -0.25) is 0 Å². The van der Waals surface area contributed by atoms with Crippen LogP contribution in [0.5, 0.6) is 0 Å². The molecule has 0 atom stereocenters. The second kappa shape index (κ2) is 3.94. The maximum absolute atomic E-state index is 11.0. The lowest BCUT2D eigenvalue weighted by atomic mass is 9.82. The molecule has 0 fully saturated rings. The van der Waals surface area contributed by atoms with Crippen LogP contribution in [-0.4, -0.2) is 8.42 Å². The molecule has 0 unspecified atom stereocenters. The predicted octanol–water partition coefficient (Wildman–Crippen LogP) is 2.02. The molecule has 0 saturated carbocycles. The molecule has 3 nitrogen and oxygen atoms in total. The molecule has 0 aromatic heterocycles. The summed E-state index contributed by atoms with van der Waals surface area (Å²) < 4.78 is 22.1. The molecule has 0 aliphatic heterocycles. The van der Waals surface area contributed by atoms with Crippen molar-refractivity contribution in [3.8, 4) is 0 Å². The van der Waals surface area contributed by atoms with Gasteiger partial charge in [0.25, 0.3) is 0 Å². The van der Waals surface area contributed by atoms with Crippen LogP contribution in [0, 0.1) is 0 Å². The monoisotopic (exact) mass is 227 g/mol. The maximum atomic E-state index is 11.0. The Morgan fingerprint density at radius 3 is 2.00 bits per heavy atom. The molecule has 1 aromatic carbocycles. The topological polar surface area (TPSA) is 60.2 Å². The molecule has 0 bridgehead atoms. The average Bonchev–Trinajstić information content (AvgIpc) is 2.17. The van der Waals surface area contributed by atoms with Crippen molar-refractivity contribution in [1.29, 1.82) is 0 Å². The molecule has 4 heteroatoms. The van der Waals surface area contributed by atoms with Crippen molar-refractivity contribution in [2.45, 2.75) is 37.5 Å². The van der Waals surface area contributed by atoms with Crippen molar-refractivity contribution in [3.05, 3.63) is 29.8 Å². The number of primary sulfonamides is 1. The minimum Gasteiger partial charge on any atom is -0.225 e.